The third-order valence-electron chi connectivity index (χ3n) is 8.69. The van der Waals surface area contributed by atoms with E-state index < -0.39 is 48.0 Å². The standard InChI is InChI=1S/C37H42N4O7/c1-26(38-33(42)30(23-27-13-5-2-6-14-27)39-37(46)48-25-29-17-9-4-10-18-29)34(43)40-21-11-19-31(40)35(44)41-22-12-20-32(41)36(45)47-24-28-15-7-3-8-16-28/h2-10,13-18,26,30-32H,11-12,19-25H2,1H3,(H,38,42)(H,39,46)/t26-,30-,31-,32-/m0/s1. The predicted octanol–water partition coefficient (Wildman–Crippen LogP) is 3.75. The Morgan fingerprint density at radius 1 is 0.688 bits per heavy atom. The van der Waals surface area contributed by atoms with Gasteiger partial charge in [-0.3, -0.25) is 14.4 Å². The van der Waals surface area contributed by atoms with Crippen LogP contribution in [0.1, 0.15) is 49.3 Å². The van der Waals surface area contributed by atoms with Crippen molar-refractivity contribution in [2.45, 2.75) is 76.4 Å². The zero-order valence-corrected chi connectivity index (χ0v) is 27.1. The van der Waals surface area contributed by atoms with Gasteiger partial charge in [0.25, 0.3) is 0 Å². The van der Waals surface area contributed by atoms with Crippen LogP contribution in [0, 0.1) is 0 Å². The first-order valence-corrected chi connectivity index (χ1v) is 16.4. The minimum Gasteiger partial charge on any atom is -0.459 e. The van der Waals surface area contributed by atoms with Crippen LogP contribution in [0.15, 0.2) is 91.0 Å². The van der Waals surface area contributed by atoms with E-state index >= 15 is 0 Å². The SMILES string of the molecule is C[C@H](NC(=O)[C@H](Cc1ccccc1)NC(=O)OCc1ccccc1)C(=O)N1CCC[C@H]1C(=O)N1CCC[C@H]1C(=O)OCc1ccccc1. The first kappa shape index (κ1) is 34.2. The second-order valence-corrected chi connectivity index (χ2v) is 12.2. The summed E-state index contributed by atoms with van der Waals surface area (Å²) in [5.41, 5.74) is 2.47. The van der Waals surface area contributed by atoms with Gasteiger partial charge in [-0.25, -0.2) is 9.59 Å². The van der Waals surface area contributed by atoms with Gasteiger partial charge < -0.3 is 29.9 Å². The van der Waals surface area contributed by atoms with Crippen molar-refractivity contribution in [1.82, 2.24) is 20.4 Å². The number of rotatable bonds is 12. The molecule has 0 bridgehead atoms. The lowest BCUT2D eigenvalue weighted by molar-refractivity contribution is -0.156. The first-order chi connectivity index (χ1) is 23.3. The Balaban J connectivity index is 1.19. The summed E-state index contributed by atoms with van der Waals surface area (Å²) in [5, 5.41) is 5.39. The third kappa shape index (κ3) is 8.99. The molecule has 3 aromatic carbocycles. The van der Waals surface area contributed by atoms with E-state index in [9.17, 15) is 24.0 Å². The highest BCUT2D eigenvalue weighted by Gasteiger charge is 2.43. The summed E-state index contributed by atoms with van der Waals surface area (Å²) in [6, 6.07) is 24.3. The minimum atomic E-state index is -1.02. The highest BCUT2D eigenvalue weighted by Crippen LogP contribution is 2.26. The molecule has 0 aliphatic carbocycles. The van der Waals surface area contributed by atoms with Crippen molar-refractivity contribution >= 4 is 29.8 Å². The second-order valence-electron chi connectivity index (χ2n) is 12.2. The molecule has 4 atom stereocenters. The van der Waals surface area contributed by atoms with Crippen LogP contribution in [0.4, 0.5) is 4.79 Å². The molecule has 0 saturated carbocycles. The van der Waals surface area contributed by atoms with E-state index in [2.05, 4.69) is 10.6 Å². The van der Waals surface area contributed by atoms with E-state index in [4.69, 9.17) is 9.47 Å². The molecule has 0 radical (unpaired) electrons. The van der Waals surface area contributed by atoms with Crippen LogP contribution in [-0.2, 0) is 48.3 Å². The maximum atomic E-state index is 13.8. The number of carbonyl (C=O) groups is 5. The average Bonchev–Trinajstić information content (AvgIpc) is 3.81. The van der Waals surface area contributed by atoms with Gasteiger partial charge in [-0.2, -0.15) is 0 Å². The normalized spacial score (nSPS) is 18.4. The topological polar surface area (TPSA) is 134 Å². The number of hydrogen-bond donors (Lipinski definition) is 2. The molecule has 4 amide bonds. The molecule has 2 aliphatic rings. The Morgan fingerprint density at radius 3 is 1.81 bits per heavy atom. The smallest absolute Gasteiger partial charge is 0.408 e. The highest BCUT2D eigenvalue weighted by atomic mass is 16.5. The Labute approximate surface area is 280 Å². The van der Waals surface area contributed by atoms with Crippen molar-refractivity contribution in [2.75, 3.05) is 13.1 Å². The molecule has 252 valence electrons. The van der Waals surface area contributed by atoms with Crippen LogP contribution in [0.5, 0.6) is 0 Å². The lowest BCUT2D eigenvalue weighted by atomic mass is 10.0. The summed E-state index contributed by atoms with van der Waals surface area (Å²) in [4.78, 5) is 69.7. The number of amides is 4. The Bertz CT molecular complexity index is 1550. The van der Waals surface area contributed by atoms with Gasteiger partial charge in [0, 0.05) is 19.5 Å². The lowest BCUT2D eigenvalue weighted by Crippen LogP contribution is -2.57. The third-order valence-corrected chi connectivity index (χ3v) is 8.69. The van der Waals surface area contributed by atoms with Crippen LogP contribution in [0.2, 0.25) is 0 Å². The molecule has 2 N–H and O–H groups in total. The van der Waals surface area contributed by atoms with Crippen LogP contribution in [0.3, 0.4) is 0 Å². The fourth-order valence-electron chi connectivity index (χ4n) is 6.17. The summed E-state index contributed by atoms with van der Waals surface area (Å²) >= 11 is 0. The summed E-state index contributed by atoms with van der Waals surface area (Å²) in [6.07, 6.45) is 1.64. The quantitative estimate of drug-likeness (QED) is 0.284. The molecule has 2 saturated heterocycles. The molecule has 11 heteroatoms. The summed E-state index contributed by atoms with van der Waals surface area (Å²) < 4.78 is 10.9. The van der Waals surface area contributed by atoms with Crippen molar-refractivity contribution in [1.29, 1.82) is 0 Å². The maximum Gasteiger partial charge on any atom is 0.408 e. The van der Waals surface area contributed by atoms with Gasteiger partial charge in [0.1, 0.15) is 37.4 Å². The number of benzene rings is 3. The van der Waals surface area contributed by atoms with E-state index in [1.165, 1.54) is 9.80 Å². The Kier molecular flexibility index (Phi) is 11.8. The molecule has 2 heterocycles. The van der Waals surface area contributed by atoms with Crippen molar-refractivity contribution in [3.63, 3.8) is 0 Å². The van der Waals surface area contributed by atoms with E-state index in [0.717, 1.165) is 16.7 Å². The molecule has 11 nitrogen and oxygen atoms in total. The van der Waals surface area contributed by atoms with Crippen molar-refractivity contribution in [2.24, 2.45) is 0 Å². The summed E-state index contributed by atoms with van der Waals surface area (Å²) in [7, 11) is 0. The minimum absolute atomic E-state index is 0.0360. The van der Waals surface area contributed by atoms with E-state index in [1.807, 2.05) is 91.0 Å². The average molecular weight is 655 g/mol. The number of alkyl carbamates (subject to hydrolysis) is 1. The maximum absolute atomic E-state index is 13.8. The summed E-state index contributed by atoms with van der Waals surface area (Å²) in [6.45, 7) is 2.47. The fourth-order valence-corrected chi connectivity index (χ4v) is 6.17. The van der Waals surface area contributed by atoms with Crippen LogP contribution in [0.25, 0.3) is 0 Å². The molecular formula is C37H42N4O7. The van der Waals surface area contributed by atoms with Gasteiger partial charge in [0.05, 0.1) is 0 Å². The highest BCUT2D eigenvalue weighted by molar-refractivity contribution is 5.95. The van der Waals surface area contributed by atoms with E-state index in [-0.39, 0.29) is 25.5 Å². The van der Waals surface area contributed by atoms with Gasteiger partial charge in [-0.05, 0) is 49.3 Å². The Hall–Kier alpha value is -5.19. The zero-order valence-electron chi connectivity index (χ0n) is 27.1. The number of esters is 1. The zero-order chi connectivity index (χ0) is 33.9. The monoisotopic (exact) mass is 654 g/mol. The second kappa shape index (κ2) is 16.6. The summed E-state index contributed by atoms with van der Waals surface area (Å²) in [5.74, 6) is -1.71. The van der Waals surface area contributed by atoms with E-state index in [1.54, 1.807) is 6.92 Å². The van der Waals surface area contributed by atoms with Crippen molar-refractivity contribution in [3.8, 4) is 0 Å². The first-order valence-electron chi connectivity index (χ1n) is 16.4. The number of likely N-dealkylation sites (tertiary alicyclic amines) is 2. The Morgan fingerprint density at radius 2 is 1.21 bits per heavy atom. The predicted molar refractivity (Wildman–Crippen MR) is 177 cm³/mol. The largest absolute Gasteiger partial charge is 0.459 e. The molecule has 0 unspecified atom stereocenters. The number of ether oxygens (including phenoxy) is 2. The molecule has 5 rings (SSSR count). The van der Waals surface area contributed by atoms with Crippen molar-refractivity contribution in [3.05, 3.63) is 108 Å². The molecule has 2 fully saturated rings. The van der Waals surface area contributed by atoms with Crippen LogP contribution in [-0.4, -0.2) is 76.8 Å². The number of nitrogens with zero attached hydrogens (tertiary/aromatic N) is 2. The van der Waals surface area contributed by atoms with E-state index in [0.29, 0.717) is 38.8 Å². The van der Waals surface area contributed by atoms with Gasteiger partial charge in [0.15, 0.2) is 0 Å². The number of carbonyl (C=O) groups excluding carboxylic acids is 5. The molecule has 0 spiro atoms. The number of hydrogen-bond acceptors (Lipinski definition) is 7. The lowest BCUT2D eigenvalue weighted by Gasteiger charge is -2.32. The molecule has 3 aromatic rings. The van der Waals surface area contributed by atoms with Crippen LogP contribution < -0.4 is 10.6 Å². The van der Waals surface area contributed by atoms with Crippen LogP contribution >= 0.6 is 0 Å². The fraction of sp³-hybridized carbons (Fsp3) is 0.378. The number of nitrogens with one attached hydrogen (secondary N) is 2. The molecular weight excluding hydrogens is 612 g/mol. The van der Waals surface area contributed by atoms with Gasteiger partial charge in [-0.1, -0.05) is 91.0 Å². The van der Waals surface area contributed by atoms with Gasteiger partial charge in [-0.15, -0.1) is 0 Å². The van der Waals surface area contributed by atoms with Crippen molar-refractivity contribution < 1.29 is 33.4 Å². The molecule has 2 aliphatic heterocycles. The van der Waals surface area contributed by atoms with Gasteiger partial charge >= 0.3 is 12.1 Å². The molecule has 0 aromatic heterocycles. The molecule has 48 heavy (non-hydrogen) atoms. The van der Waals surface area contributed by atoms with Gasteiger partial charge in [0.2, 0.25) is 17.7 Å².